The first-order valence-corrected chi connectivity index (χ1v) is 7.93. The molecule has 0 fully saturated rings. The third-order valence-corrected chi connectivity index (χ3v) is 3.60. The van der Waals surface area contributed by atoms with Gasteiger partial charge in [0.25, 0.3) is 5.91 Å². The van der Waals surface area contributed by atoms with E-state index in [1.807, 2.05) is 13.8 Å². The Bertz CT molecular complexity index is 571. The van der Waals surface area contributed by atoms with E-state index in [0.717, 1.165) is 0 Å². The number of esters is 1. The Labute approximate surface area is 143 Å². The van der Waals surface area contributed by atoms with E-state index in [2.05, 4.69) is 0 Å². The van der Waals surface area contributed by atoms with Crippen molar-refractivity contribution in [3.05, 3.63) is 23.8 Å². The van der Waals surface area contributed by atoms with Crippen molar-refractivity contribution < 1.29 is 23.8 Å². The van der Waals surface area contributed by atoms with E-state index in [-0.39, 0.29) is 17.8 Å². The largest absolute Gasteiger partial charge is 0.493 e. The summed E-state index contributed by atoms with van der Waals surface area (Å²) in [5.74, 6) is 0.460. The Hall–Kier alpha value is -2.24. The topological polar surface area (TPSA) is 65.1 Å². The molecule has 0 radical (unpaired) electrons. The monoisotopic (exact) mass is 337 g/mol. The van der Waals surface area contributed by atoms with Crippen molar-refractivity contribution in [3.63, 3.8) is 0 Å². The SMILES string of the molecule is COC(=O)C(C)CN(CC(C)C)C(=O)c1ccc(OC)c(OC)c1. The average molecular weight is 337 g/mol. The summed E-state index contributed by atoms with van der Waals surface area (Å²) in [5, 5.41) is 0. The van der Waals surface area contributed by atoms with Crippen molar-refractivity contribution in [2.75, 3.05) is 34.4 Å². The summed E-state index contributed by atoms with van der Waals surface area (Å²) >= 11 is 0. The lowest BCUT2D eigenvalue weighted by Crippen LogP contribution is -2.39. The van der Waals surface area contributed by atoms with Gasteiger partial charge in [0.05, 0.1) is 27.2 Å². The minimum absolute atomic E-state index is 0.152. The van der Waals surface area contributed by atoms with Gasteiger partial charge in [-0.1, -0.05) is 20.8 Å². The second-order valence-electron chi connectivity index (χ2n) is 6.10. The highest BCUT2D eigenvalue weighted by molar-refractivity contribution is 5.95. The Morgan fingerprint density at radius 2 is 1.62 bits per heavy atom. The van der Waals surface area contributed by atoms with E-state index in [9.17, 15) is 9.59 Å². The summed E-state index contributed by atoms with van der Waals surface area (Å²) in [5.41, 5.74) is 0.491. The van der Waals surface area contributed by atoms with Crippen LogP contribution in [-0.2, 0) is 9.53 Å². The molecule has 0 spiro atoms. The predicted octanol–water partition coefficient (Wildman–Crippen LogP) is 2.61. The molecule has 24 heavy (non-hydrogen) atoms. The van der Waals surface area contributed by atoms with Gasteiger partial charge in [-0.3, -0.25) is 9.59 Å². The third kappa shape index (κ3) is 5.15. The van der Waals surface area contributed by atoms with Crippen LogP contribution in [0.3, 0.4) is 0 Å². The highest BCUT2D eigenvalue weighted by atomic mass is 16.5. The van der Waals surface area contributed by atoms with Gasteiger partial charge in [-0.2, -0.15) is 0 Å². The van der Waals surface area contributed by atoms with Crippen LogP contribution in [0.5, 0.6) is 11.5 Å². The number of amides is 1. The number of methoxy groups -OCH3 is 3. The van der Waals surface area contributed by atoms with Crippen LogP contribution in [0, 0.1) is 11.8 Å². The fourth-order valence-electron chi connectivity index (χ4n) is 2.44. The molecule has 0 aliphatic heterocycles. The Kier molecular flexibility index (Phi) is 7.55. The molecule has 6 nitrogen and oxygen atoms in total. The van der Waals surface area contributed by atoms with E-state index in [1.165, 1.54) is 14.2 Å². The number of ether oxygens (including phenoxy) is 3. The average Bonchev–Trinajstić information content (AvgIpc) is 2.58. The second-order valence-corrected chi connectivity index (χ2v) is 6.10. The zero-order chi connectivity index (χ0) is 18.3. The molecule has 0 N–H and O–H groups in total. The van der Waals surface area contributed by atoms with Gasteiger partial charge in [-0.15, -0.1) is 0 Å². The fraction of sp³-hybridized carbons (Fsp3) is 0.556. The van der Waals surface area contributed by atoms with Crippen molar-refractivity contribution in [2.45, 2.75) is 20.8 Å². The number of hydrogen-bond acceptors (Lipinski definition) is 5. The van der Waals surface area contributed by atoms with E-state index >= 15 is 0 Å². The Morgan fingerprint density at radius 3 is 2.12 bits per heavy atom. The van der Waals surface area contributed by atoms with Crippen LogP contribution < -0.4 is 9.47 Å². The first kappa shape index (κ1) is 19.8. The van der Waals surface area contributed by atoms with Gasteiger partial charge in [0.2, 0.25) is 0 Å². The van der Waals surface area contributed by atoms with Gasteiger partial charge in [0, 0.05) is 18.7 Å². The highest BCUT2D eigenvalue weighted by Crippen LogP contribution is 2.28. The van der Waals surface area contributed by atoms with Crippen molar-refractivity contribution in [1.82, 2.24) is 4.90 Å². The molecule has 0 heterocycles. The highest BCUT2D eigenvalue weighted by Gasteiger charge is 2.24. The van der Waals surface area contributed by atoms with Crippen LogP contribution in [-0.4, -0.2) is 51.2 Å². The lowest BCUT2D eigenvalue weighted by molar-refractivity contribution is -0.145. The summed E-state index contributed by atoms with van der Waals surface area (Å²) < 4.78 is 15.2. The van der Waals surface area contributed by atoms with Gasteiger partial charge in [0.15, 0.2) is 11.5 Å². The van der Waals surface area contributed by atoms with E-state index < -0.39 is 5.92 Å². The maximum absolute atomic E-state index is 12.9. The molecular weight excluding hydrogens is 310 g/mol. The fourth-order valence-corrected chi connectivity index (χ4v) is 2.44. The van der Waals surface area contributed by atoms with Crippen LogP contribution in [0.4, 0.5) is 0 Å². The lowest BCUT2D eigenvalue weighted by atomic mass is 10.1. The van der Waals surface area contributed by atoms with Crippen LogP contribution in [0.25, 0.3) is 0 Å². The Morgan fingerprint density at radius 1 is 1.00 bits per heavy atom. The molecule has 0 bridgehead atoms. The molecule has 1 aromatic rings. The number of carbonyl (C=O) groups excluding carboxylic acids is 2. The molecule has 0 aliphatic rings. The van der Waals surface area contributed by atoms with Crippen LogP contribution in [0.1, 0.15) is 31.1 Å². The summed E-state index contributed by atoms with van der Waals surface area (Å²) in [4.78, 5) is 26.2. The number of carbonyl (C=O) groups is 2. The van der Waals surface area contributed by atoms with Crippen molar-refractivity contribution in [3.8, 4) is 11.5 Å². The normalized spacial score (nSPS) is 11.8. The minimum atomic E-state index is -0.391. The maximum atomic E-state index is 12.9. The zero-order valence-corrected chi connectivity index (χ0v) is 15.3. The molecule has 6 heteroatoms. The molecule has 0 saturated heterocycles. The predicted molar refractivity (Wildman–Crippen MR) is 91.5 cm³/mol. The maximum Gasteiger partial charge on any atom is 0.310 e. The third-order valence-electron chi connectivity index (χ3n) is 3.60. The molecule has 1 atom stereocenters. The second kappa shape index (κ2) is 9.15. The van der Waals surface area contributed by atoms with Crippen molar-refractivity contribution >= 4 is 11.9 Å². The smallest absolute Gasteiger partial charge is 0.310 e. The quantitative estimate of drug-likeness (QED) is 0.682. The van der Waals surface area contributed by atoms with E-state index in [0.29, 0.717) is 30.2 Å². The standard InChI is InChI=1S/C18H27NO5/c1-12(2)10-19(11-13(3)18(21)24-6)17(20)14-7-8-15(22-4)16(9-14)23-5/h7-9,12-13H,10-11H2,1-6H3. The van der Waals surface area contributed by atoms with Gasteiger partial charge < -0.3 is 19.1 Å². The molecule has 0 aromatic heterocycles. The van der Waals surface area contributed by atoms with Crippen LogP contribution in [0.15, 0.2) is 18.2 Å². The molecular formula is C18H27NO5. The van der Waals surface area contributed by atoms with Crippen LogP contribution in [0.2, 0.25) is 0 Å². The first-order valence-electron chi connectivity index (χ1n) is 7.93. The number of rotatable bonds is 8. The van der Waals surface area contributed by atoms with Crippen molar-refractivity contribution in [1.29, 1.82) is 0 Å². The lowest BCUT2D eigenvalue weighted by Gasteiger charge is -2.27. The molecule has 1 aromatic carbocycles. The molecule has 1 rings (SSSR count). The van der Waals surface area contributed by atoms with Gasteiger partial charge in [0.1, 0.15) is 0 Å². The van der Waals surface area contributed by atoms with E-state index in [1.54, 1.807) is 37.1 Å². The number of hydrogen-bond donors (Lipinski definition) is 0. The molecule has 134 valence electrons. The number of benzene rings is 1. The first-order chi connectivity index (χ1) is 11.3. The van der Waals surface area contributed by atoms with Gasteiger partial charge in [-0.25, -0.2) is 0 Å². The van der Waals surface area contributed by atoms with Crippen molar-refractivity contribution in [2.24, 2.45) is 11.8 Å². The zero-order valence-electron chi connectivity index (χ0n) is 15.3. The molecule has 1 amide bonds. The van der Waals surface area contributed by atoms with Gasteiger partial charge in [-0.05, 0) is 24.1 Å². The molecule has 1 unspecified atom stereocenters. The minimum Gasteiger partial charge on any atom is -0.493 e. The summed E-state index contributed by atoms with van der Waals surface area (Å²) in [6.45, 7) is 6.66. The Balaban J connectivity index is 3.05. The molecule has 0 saturated carbocycles. The van der Waals surface area contributed by atoms with Gasteiger partial charge >= 0.3 is 5.97 Å². The summed E-state index contributed by atoms with van der Waals surface area (Å²) in [6, 6.07) is 5.04. The number of nitrogens with zero attached hydrogens (tertiary/aromatic N) is 1. The van der Waals surface area contributed by atoms with Crippen LogP contribution >= 0.6 is 0 Å². The molecule has 0 aliphatic carbocycles. The van der Waals surface area contributed by atoms with E-state index in [4.69, 9.17) is 14.2 Å². The summed E-state index contributed by atoms with van der Waals surface area (Å²) in [7, 11) is 4.42. The summed E-state index contributed by atoms with van der Waals surface area (Å²) in [6.07, 6.45) is 0.